The van der Waals surface area contributed by atoms with Crippen molar-refractivity contribution in [3.63, 3.8) is 0 Å². The minimum atomic E-state index is -0.539. The van der Waals surface area contributed by atoms with Gasteiger partial charge in [-0.2, -0.15) is 0 Å². The van der Waals surface area contributed by atoms with Crippen LogP contribution in [0.2, 0.25) is 0 Å². The number of carbonyl (C=O) groups excluding carboxylic acids is 2. The zero-order valence-corrected chi connectivity index (χ0v) is 11.5. The molecule has 20 heavy (non-hydrogen) atoms. The Morgan fingerprint density at radius 2 is 2.05 bits per heavy atom. The maximum absolute atomic E-state index is 11.1. The molecule has 0 radical (unpaired) electrons. The van der Waals surface area contributed by atoms with Crippen LogP contribution in [-0.2, 0) is 4.79 Å². The van der Waals surface area contributed by atoms with Gasteiger partial charge in [0.25, 0.3) is 0 Å². The summed E-state index contributed by atoms with van der Waals surface area (Å²) in [5, 5.41) is 0. The van der Waals surface area contributed by atoms with E-state index in [1.807, 2.05) is 6.92 Å². The number of ether oxygens (including phenoxy) is 2. The first-order valence-corrected chi connectivity index (χ1v) is 6.11. The van der Waals surface area contributed by atoms with E-state index >= 15 is 0 Å². The van der Waals surface area contributed by atoms with Gasteiger partial charge in [0.15, 0.2) is 11.5 Å². The lowest BCUT2D eigenvalue weighted by Gasteiger charge is -2.17. The summed E-state index contributed by atoms with van der Waals surface area (Å²) in [6.45, 7) is 1.82. The second kappa shape index (κ2) is 7.34. The number of nitrogens with one attached hydrogen (secondary N) is 1. The summed E-state index contributed by atoms with van der Waals surface area (Å²) in [5.74, 6) is 5.10. The van der Waals surface area contributed by atoms with Crippen molar-refractivity contribution in [2.75, 3.05) is 7.11 Å². The molecular weight excluding hydrogens is 262 g/mol. The van der Waals surface area contributed by atoms with Gasteiger partial charge in [0.2, 0.25) is 11.8 Å². The van der Waals surface area contributed by atoms with Gasteiger partial charge in [-0.25, -0.2) is 5.84 Å². The van der Waals surface area contributed by atoms with Crippen molar-refractivity contribution in [2.45, 2.75) is 25.9 Å². The van der Waals surface area contributed by atoms with E-state index in [4.69, 9.17) is 21.1 Å². The van der Waals surface area contributed by atoms with Gasteiger partial charge in [0.05, 0.1) is 13.2 Å². The first kappa shape index (κ1) is 15.8. The van der Waals surface area contributed by atoms with Crippen LogP contribution in [0.1, 0.15) is 30.1 Å². The van der Waals surface area contributed by atoms with E-state index in [0.717, 1.165) is 0 Å². The quantitative estimate of drug-likeness (QED) is 0.378. The van der Waals surface area contributed by atoms with Crippen LogP contribution >= 0.6 is 0 Å². The lowest BCUT2D eigenvalue weighted by molar-refractivity contribution is -0.121. The Kier molecular flexibility index (Phi) is 5.79. The Morgan fingerprint density at radius 1 is 1.35 bits per heavy atom. The molecule has 1 unspecified atom stereocenters. The van der Waals surface area contributed by atoms with E-state index in [-0.39, 0.29) is 18.4 Å². The highest BCUT2D eigenvalue weighted by Crippen LogP contribution is 2.29. The molecule has 1 aromatic rings. The van der Waals surface area contributed by atoms with Crippen molar-refractivity contribution in [1.82, 2.24) is 5.43 Å². The molecule has 1 aromatic carbocycles. The van der Waals surface area contributed by atoms with Gasteiger partial charge in [-0.15, -0.1) is 0 Å². The predicted molar refractivity (Wildman–Crippen MR) is 73.2 cm³/mol. The van der Waals surface area contributed by atoms with Crippen LogP contribution in [0.25, 0.3) is 0 Å². The number of carbonyl (C=O) groups is 2. The third-order valence-corrected chi connectivity index (χ3v) is 2.72. The second-order valence-electron chi connectivity index (χ2n) is 4.26. The van der Waals surface area contributed by atoms with Gasteiger partial charge in [-0.1, -0.05) is 0 Å². The molecule has 0 aliphatic carbocycles. The topological polar surface area (TPSA) is 117 Å². The van der Waals surface area contributed by atoms with Crippen LogP contribution in [-0.4, -0.2) is 25.0 Å². The van der Waals surface area contributed by atoms with Crippen molar-refractivity contribution < 1.29 is 19.1 Å². The number of nitrogens with two attached hydrogens (primary N) is 2. The normalized spacial score (nSPS) is 11.6. The van der Waals surface area contributed by atoms with E-state index in [9.17, 15) is 9.59 Å². The zero-order valence-electron chi connectivity index (χ0n) is 11.5. The number of amides is 2. The van der Waals surface area contributed by atoms with Gasteiger partial charge in [-0.05, 0) is 31.5 Å². The molecule has 0 aliphatic heterocycles. The molecule has 110 valence electrons. The highest BCUT2D eigenvalue weighted by Gasteiger charge is 2.13. The third-order valence-electron chi connectivity index (χ3n) is 2.72. The van der Waals surface area contributed by atoms with Crippen molar-refractivity contribution in [2.24, 2.45) is 11.6 Å². The van der Waals surface area contributed by atoms with Gasteiger partial charge in [0.1, 0.15) is 0 Å². The number of hydrogen-bond donors (Lipinski definition) is 3. The minimum absolute atomic E-state index is 0.208. The summed E-state index contributed by atoms with van der Waals surface area (Å²) >= 11 is 0. The molecule has 1 atom stereocenters. The van der Waals surface area contributed by atoms with Crippen LogP contribution in [0.3, 0.4) is 0 Å². The van der Waals surface area contributed by atoms with Gasteiger partial charge >= 0.3 is 0 Å². The number of methoxy groups -OCH3 is 1. The van der Waals surface area contributed by atoms with Crippen LogP contribution in [0.4, 0.5) is 0 Å². The van der Waals surface area contributed by atoms with E-state index in [1.165, 1.54) is 13.2 Å². The molecule has 0 aromatic heterocycles. The monoisotopic (exact) mass is 281 g/mol. The molecule has 0 saturated carbocycles. The number of hydrazine groups is 1. The Balaban J connectivity index is 2.71. The molecule has 0 fully saturated rings. The van der Waals surface area contributed by atoms with Gasteiger partial charge in [-0.3, -0.25) is 15.0 Å². The van der Waals surface area contributed by atoms with E-state index < -0.39 is 5.91 Å². The summed E-state index contributed by atoms with van der Waals surface area (Å²) < 4.78 is 10.8. The summed E-state index contributed by atoms with van der Waals surface area (Å²) in [7, 11) is 1.47. The largest absolute Gasteiger partial charge is 0.493 e. The Hall–Kier alpha value is -2.28. The summed E-state index contributed by atoms with van der Waals surface area (Å²) in [6.07, 6.45) is 0.559. The van der Waals surface area contributed by atoms with Crippen LogP contribution < -0.4 is 26.5 Å². The summed E-state index contributed by atoms with van der Waals surface area (Å²) in [4.78, 5) is 22.1. The first-order chi connectivity index (χ1) is 9.47. The maximum atomic E-state index is 11.1. The number of benzene rings is 1. The first-order valence-electron chi connectivity index (χ1n) is 6.11. The van der Waals surface area contributed by atoms with Gasteiger partial charge in [0, 0.05) is 12.0 Å². The highest BCUT2D eigenvalue weighted by molar-refractivity contribution is 5.93. The van der Waals surface area contributed by atoms with Crippen LogP contribution in [0.15, 0.2) is 18.2 Å². The maximum Gasteiger partial charge on any atom is 0.248 e. The smallest absolute Gasteiger partial charge is 0.248 e. The number of primary amides is 1. The highest BCUT2D eigenvalue weighted by atomic mass is 16.5. The standard InChI is InChI=1S/C13H19N3O4/c1-8(3-6-12(17)16-15)20-10-5-4-9(13(14)18)7-11(10)19-2/h4-5,7-8H,3,6,15H2,1-2H3,(H2,14,18)(H,16,17). The van der Waals surface area contributed by atoms with Crippen LogP contribution in [0.5, 0.6) is 11.5 Å². The van der Waals surface area contributed by atoms with Crippen molar-refractivity contribution in [1.29, 1.82) is 0 Å². The van der Waals surface area contributed by atoms with E-state index in [0.29, 0.717) is 23.5 Å². The van der Waals surface area contributed by atoms with Crippen molar-refractivity contribution in [3.8, 4) is 11.5 Å². The molecule has 0 aliphatic rings. The SMILES string of the molecule is COc1cc(C(N)=O)ccc1OC(C)CCC(=O)NN. The fourth-order valence-corrected chi connectivity index (χ4v) is 1.60. The predicted octanol–water partition coefficient (Wildman–Crippen LogP) is 0.332. The fraction of sp³-hybridized carbons (Fsp3) is 0.385. The average molecular weight is 281 g/mol. The Bertz CT molecular complexity index is 491. The minimum Gasteiger partial charge on any atom is -0.493 e. The Morgan fingerprint density at radius 3 is 2.60 bits per heavy atom. The fourth-order valence-electron chi connectivity index (χ4n) is 1.60. The number of hydrogen-bond acceptors (Lipinski definition) is 5. The van der Waals surface area contributed by atoms with Crippen molar-refractivity contribution >= 4 is 11.8 Å². The summed E-state index contributed by atoms with van der Waals surface area (Å²) in [5.41, 5.74) is 7.59. The molecule has 7 nitrogen and oxygen atoms in total. The molecule has 7 heteroatoms. The molecule has 0 spiro atoms. The molecule has 1 rings (SSSR count). The number of rotatable bonds is 7. The van der Waals surface area contributed by atoms with E-state index in [2.05, 4.69) is 5.43 Å². The van der Waals surface area contributed by atoms with Crippen LogP contribution in [0, 0.1) is 0 Å². The molecule has 0 bridgehead atoms. The molecular formula is C13H19N3O4. The van der Waals surface area contributed by atoms with Gasteiger partial charge < -0.3 is 15.2 Å². The molecule has 2 amide bonds. The lowest BCUT2D eigenvalue weighted by atomic mass is 10.2. The lowest BCUT2D eigenvalue weighted by Crippen LogP contribution is -2.30. The molecule has 0 heterocycles. The molecule has 0 saturated heterocycles. The summed E-state index contributed by atoms with van der Waals surface area (Å²) in [6, 6.07) is 4.68. The molecule has 5 N–H and O–H groups in total. The zero-order chi connectivity index (χ0) is 15.1. The third kappa shape index (κ3) is 4.43. The average Bonchev–Trinajstić information content (AvgIpc) is 2.44. The Labute approximate surface area is 117 Å². The van der Waals surface area contributed by atoms with Crippen molar-refractivity contribution in [3.05, 3.63) is 23.8 Å². The van der Waals surface area contributed by atoms with E-state index in [1.54, 1.807) is 12.1 Å². The second-order valence-corrected chi connectivity index (χ2v) is 4.26.